The number of hydrogen-bond acceptors (Lipinski definition) is 2. The molecule has 0 aromatic rings. The zero-order valence-corrected chi connectivity index (χ0v) is 7.14. The lowest BCUT2D eigenvalue weighted by Crippen LogP contribution is -2.35. The molecule has 0 saturated heterocycles. The van der Waals surface area contributed by atoms with E-state index in [-0.39, 0.29) is 0 Å². The number of nitrogens with zero attached hydrogens (tertiary/aromatic N) is 1. The van der Waals surface area contributed by atoms with Crippen LogP contribution >= 0.6 is 0 Å². The second-order valence-corrected chi connectivity index (χ2v) is 3.32. The predicted octanol–water partition coefficient (Wildman–Crippen LogP) is 2.03. The van der Waals surface area contributed by atoms with Crippen molar-refractivity contribution in [2.45, 2.75) is 45.1 Å². The molecule has 0 bridgehead atoms. The Bertz CT molecular complexity index is 148. The van der Waals surface area contributed by atoms with Crippen molar-refractivity contribution in [3.8, 4) is 6.19 Å². The molecule has 1 N–H and O–H groups in total. The molecular formula is C9H16N2. The highest BCUT2D eigenvalue weighted by Crippen LogP contribution is 2.26. The van der Waals surface area contributed by atoms with Crippen LogP contribution in [0.15, 0.2) is 0 Å². The Morgan fingerprint density at radius 3 is 2.82 bits per heavy atom. The van der Waals surface area contributed by atoms with Gasteiger partial charge in [-0.15, -0.1) is 0 Å². The summed E-state index contributed by atoms with van der Waals surface area (Å²) in [6.45, 7) is 2.21. The van der Waals surface area contributed by atoms with E-state index in [1.807, 2.05) is 0 Å². The van der Waals surface area contributed by atoms with Crippen molar-refractivity contribution in [1.82, 2.24) is 5.32 Å². The smallest absolute Gasteiger partial charge is 0.176 e. The first-order valence-electron chi connectivity index (χ1n) is 4.53. The lowest BCUT2D eigenvalue weighted by atomic mass is 9.83. The summed E-state index contributed by atoms with van der Waals surface area (Å²) >= 11 is 0. The van der Waals surface area contributed by atoms with Crippen molar-refractivity contribution >= 4 is 0 Å². The van der Waals surface area contributed by atoms with Gasteiger partial charge in [0.25, 0.3) is 0 Å². The fourth-order valence-corrected chi connectivity index (χ4v) is 1.97. The third kappa shape index (κ3) is 2.11. The van der Waals surface area contributed by atoms with Gasteiger partial charge >= 0.3 is 0 Å². The van der Waals surface area contributed by atoms with E-state index in [4.69, 9.17) is 5.26 Å². The molecule has 2 atom stereocenters. The van der Waals surface area contributed by atoms with Crippen molar-refractivity contribution in [3.63, 3.8) is 0 Å². The molecule has 1 aliphatic rings. The molecule has 0 aromatic heterocycles. The second-order valence-electron chi connectivity index (χ2n) is 3.32. The third-order valence-electron chi connectivity index (χ3n) is 2.68. The van der Waals surface area contributed by atoms with Gasteiger partial charge in [-0.1, -0.05) is 26.2 Å². The van der Waals surface area contributed by atoms with Gasteiger partial charge in [-0.2, -0.15) is 5.26 Å². The first-order valence-corrected chi connectivity index (χ1v) is 4.53. The highest BCUT2D eigenvalue weighted by molar-refractivity contribution is 4.84. The average molecular weight is 152 g/mol. The zero-order valence-electron chi connectivity index (χ0n) is 7.14. The first-order chi connectivity index (χ1) is 5.38. The van der Waals surface area contributed by atoms with Crippen LogP contribution in [0.5, 0.6) is 0 Å². The van der Waals surface area contributed by atoms with Crippen molar-refractivity contribution in [2.24, 2.45) is 5.92 Å². The van der Waals surface area contributed by atoms with Crippen LogP contribution in [0.3, 0.4) is 0 Å². The van der Waals surface area contributed by atoms with Crippen molar-refractivity contribution < 1.29 is 0 Å². The van der Waals surface area contributed by atoms with Gasteiger partial charge in [0.05, 0.1) is 0 Å². The van der Waals surface area contributed by atoms with Crippen LogP contribution in [-0.4, -0.2) is 6.04 Å². The highest BCUT2D eigenvalue weighted by Gasteiger charge is 2.22. The van der Waals surface area contributed by atoms with Crippen LogP contribution in [0.2, 0.25) is 0 Å². The van der Waals surface area contributed by atoms with Gasteiger partial charge in [0.15, 0.2) is 6.19 Å². The van der Waals surface area contributed by atoms with Crippen LogP contribution in [0.4, 0.5) is 0 Å². The zero-order chi connectivity index (χ0) is 8.10. The Morgan fingerprint density at radius 1 is 1.45 bits per heavy atom. The van der Waals surface area contributed by atoms with Crippen LogP contribution in [0, 0.1) is 17.4 Å². The predicted molar refractivity (Wildman–Crippen MR) is 44.8 cm³/mol. The number of nitrogens with one attached hydrogen (secondary N) is 1. The van der Waals surface area contributed by atoms with E-state index in [1.165, 1.54) is 32.1 Å². The highest BCUT2D eigenvalue weighted by atomic mass is 14.9. The van der Waals surface area contributed by atoms with Gasteiger partial charge < -0.3 is 5.32 Å². The van der Waals surface area contributed by atoms with E-state index < -0.39 is 0 Å². The Balaban J connectivity index is 2.39. The number of rotatable bonds is 2. The van der Waals surface area contributed by atoms with Crippen molar-refractivity contribution in [1.29, 1.82) is 5.26 Å². The lowest BCUT2D eigenvalue weighted by Gasteiger charge is -2.29. The van der Waals surface area contributed by atoms with Gasteiger partial charge in [0.1, 0.15) is 0 Å². The SMILES string of the molecule is CCC1CCCCC1NC#N. The van der Waals surface area contributed by atoms with Gasteiger partial charge in [0.2, 0.25) is 0 Å². The standard InChI is InChI=1S/C9H16N2/c1-2-8-5-3-4-6-9(8)11-7-10/h8-9,11H,2-6H2,1H3. The van der Waals surface area contributed by atoms with Gasteiger partial charge in [-0.05, 0) is 18.8 Å². The maximum Gasteiger partial charge on any atom is 0.176 e. The molecule has 1 fully saturated rings. The molecule has 1 aliphatic carbocycles. The van der Waals surface area contributed by atoms with Crippen molar-refractivity contribution in [2.75, 3.05) is 0 Å². The molecule has 0 aliphatic heterocycles. The fraction of sp³-hybridized carbons (Fsp3) is 0.889. The quantitative estimate of drug-likeness (QED) is 0.485. The molecule has 1 rings (SSSR count). The largest absolute Gasteiger partial charge is 0.320 e. The minimum absolute atomic E-state index is 0.471. The molecule has 62 valence electrons. The summed E-state index contributed by atoms with van der Waals surface area (Å²) in [5.74, 6) is 0.739. The summed E-state index contributed by atoms with van der Waals surface area (Å²) < 4.78 is 0. The molecule has 0 amide bonds. The molecule has 0 radical (unpaired) electrons. The summed E-state index contributed by atoms with van der Waals surface area (Å²) in [5, 5.41) is 11.4. The van der Waals surface area contributed by atoms with Gasteiger partial charge in [-0.25, -0.2) is 0 Å². The first kappa shape index (κ1) is 8.39. The number of nitriles is 1. The Labute approximate surface area is 68.6 Å². The van der Waals surface area contributed by atoms with E-state index in [0.717, 1.165) is 5.92 Å². The molecular weight excluding hydrogens is 136 g/mol. The summed E-state index contributed by atoms with van der Waals surface area (Å²) in [6, 6.07) is 0.471. The normalized spacial score (nSPS) is 30.9. The third-order valence-corrected chi connectivity index (χ3v) is 2.68. The van der Waals surface area contributed by atoms with Crippen LogP contribution < -0.4 is 5.32 Å². The second kappa shape index (κ2) is 4.23. The van der Waals surface area contributed by atoms with Crippen LogP contribution in [0.25, 0.3) is 0 Å². The Kier molecular flexibility index (Phi) is 3.22. The summed E-state index contributed by atoms with van der Waals surface area (Å²) in [6.07, 6.45) is 8.38. The topological polar surface area (TPSA) is 35.8 Å². The summed E-state index contributed by atoms with van der Waals surface area (Å²) in [4.78, 5) is 0. The monoisotopic (exact) mass is 152 g/mol. The molecule has 2 heteroatoms. The van der Waals surface area contributed by atoms with E-state index in [0.29, 0.717) is 6.04 Å². The summed E-state index contributed by atoms with van der Waals surface area (Å²) in [5.41, 5.74) is 0. The maximum absolute atomic E-state index is 8.47. The Morgan fingerprint density at radius 2 is 2.18 bits per heavy atom. The van der Waals surface area contributed by atoms with E-state index >= 15 is 0 Å². The molecule has 1 saturated carbocycles. The molecule has 0 aromatic carbocycles. The lowest BCUT2D eigenvalue weighted by molar-refractivity contribution is 0.276. The molecule has 0 spiro atoms. The minimum atomic E-state index is 0.471. The molecule has 2 unspecified atom stereocenters. The average Bonchev–Trinajstić information content (AvgIpc) is 2.06. The van der Waals surface area contributed by atoms with Gasteiger partial charge in [-0.3, -0.25) is 0 Å². The van der Waals surface area contributed by atoms with Gasteiger partial charge in [0, 0.05) is 6.04 Å². The molecule has 2 nitrogen and oxygen atoms in total. The Hall–Kier alpha value is -0.710. The number of hydrogen-bond donors (Lipinski definition) is 1. The van der Waals surface area contributed by atoms with E-state index in [1.54, 1.807) is 0 Å². The molecule has 11 heavy (non-hydrogen) atoms. The maximum atomic E-state index is 8.47. The summed E-state index contributed by atoms with van der Waals surface area (Å²) in [7, 11) is 0. The van der Waals surface area contributed by atoms with Crippen LogP contribution in [-0.2, 0) is 0 Å². The fourth-order valence-electron chi connectivity index (χ4n) is 1.97. The minimum Gasteiger partial charge on any atom is -0.320 e. The van der Waals surface area contributed by atoms with Crippen LogP contribution in [0.1, 0.15) is 39.0 Å². The van der Waals surface area contributed by atoms with Crippen molar-refractivity contribution in [3.05, 3.63) is 0 Å². The van der Waals surface area contributed by atoms with E-state index in [9.17, 15) is 0 Å². The molecule has 0 heterocycles. The van der Waals surface area contributed by atoms with E-state index in [2.05, 4.69) is 18.4 Å².